The molecule has 1 heterocycles. The molecule has 0 unspecified atom stereocenters. The second-order valence-corrected chi connectivity index (χ2v) is 7.30. The minimum absolute atomic E-state index is 0.140. The molecule has 1 aliphatic heterocycles. The zero-order valence-electron chi connectivity index (χ0n) is 16.4. The Balaban J connectivity index is 1.18. The second kappa shape index (κ2) is 10.6. The Morgan fingerprint density at radius 1 is 0.607 bits per heavy atom. The summed E-state index contributed by atoms with van der Waals surface area (Å²) in [6.45, 7) is 1.31. The van der Waals surface area contributed by atoms with Crippen molar-refractivity contribution in [2.24, 2.45) is 0 Å². The first-order valence-corrected chi connectivity index (χ1v) is 10.4. The normalized spacial score (nSPS) is 13.1. The largest absolute Gasteiger partial charge is 0.494 e. The standard InChI is InChI=1S/C24H29NO3/c26-23-21-16-10-11-17-22(21)24(27)25(23)18-12-5-3-1-2-4-6-13-19-28-20-14-8-7-9-15-20/h7-11,14-17H,1-6,12-13,18-19H2. The lowest BCUT2D eigenvalue weighted by Gasteiger charge is -2.13. The van der Waals surface area contributed by atoms with E-state index in [2.05, 4.69) is 0 Å². The van der Waals surface area contributed by atoms with Crippen LogP contribution >= 0.6 is 0 Å². The van der Waals surface area contributed by atoms with E-state index in [0.717, 1.165) is 38.0 Å². The van der Waals surface area contributed by atoms with Gasteiger partial charge in [-0.2, -0.15) is 0 Å². The summed E-state index contributed by atoms with van der Waals surface area (Å²) in [5, 5.41) is 0. The van der Waals surface area contributed by atoms with Gasteiger partial charge >= 0.3 is 0 Å². The summed E-state index contributed by atoms with van der Waals surface area (Å²) >= 11 is 0. The van der Waals surface area contributed by atoms with Crippen molar-refractivity contribution < 1.29 is 14.3 Å². The number of fused-ring (bicyclic) bond motifs is 1. The Bertz CT molecular complexity index is 737. The van der Waals surface area contributed by atoms with Crippen molar-refractivity contribution in [2.75, 3.05) is 13.2 Å². The summed E-state index contributed by atoms with van der Waals surface area (Å²) < 4.78 is 5.70. The molecule has 0 saturated carbocycles. The SMILES string of the molecule is O=C1c2ccccc2C(=O)N1CCCCCCCCCCOc1ccccc1. The fourth-order valence-electron chi connectivity index (χ4n) is 3.58. The molecule has 0 spiro atoms. The molecular weight excluding hydrogens is 350 g/mol. The summed E-state index contributed by atoms with van der Waals surface area (Å²) in [6, 6.07) is 17.0. The maximum atomic E-state index is 12.3. The molecule has 148 valence electrons. The van der Waals surface area contributed by atoms with E-state index in [1.54, 1.807) is 24.3 Å². The van der Waals surface area contributed by atoms with Crippen LogP contribution in [0.3, 0.4) is 0 Å². The lowest BCUT2D eigenvalue weighted by molar-refractivity contribution is 0.0651. The van der Waals surface area contributed by atoms with E-state index in [0.29, 0.717) is 17.7 Å². The summed E-state index contributed by atoms with van der Waals surface area (Å²) in [7, 11) is 0. The molecule has 0 bridgehead atoms. The minimum Gasteiger partial charge on any atom is -0.494 e. The van der Waals surface area contributed by atoms with Gasteiger partial charge in [0, 0.05) is 6.54 Å². The molecule has 1 aliphatic rings. The Hall–Kier alpha value is -2.62. The van der Waals surface area contributed by atoms with Crippen LogP contribution in [0.2, 0.25) is 0 Å². The first-order chi connectivity index (χ1) is 13.8. The van der Waals surface area contributed by atoms with E-state index in [-0.39, 0.29) is 11.8 Å². The van der Waals surface area contributed by atoms with Crippen LogP contribution in [0.1, 0.15) is 72.1 Å². The van der Waals surface area contributed by atoms with Gasteiger partial charge in [0.05, 0.1) is 17.7 Å². The topological polar surface area (TPSA) is 46.6 Å². The summed E-state index contributed by atoms with van der Waals surface area (Å²) in [4.78, 5) is 26.0. The zero-order chi connectivity index (χ0) is 19.6. The van der Waals surface area contributed by atoms with Crippen LogP contribution in [0.4, 0.5) is 0 Å². The van der Waals surface area contributed by atoms with Crippen molar-refractivity contribution in [3.8, 4) is 5.75 Å². The van der Waals surface area contributed by atoms with Gasteiger partial charge in [-0.15, -0.1) is 0 Å². The van der Waals surface area contributed by atoms with Crippen LogP contribution in [-0.4, -0.2) is 29.9 Å². The third-order valence-corrected chi connectivity index (χ3v) is 5.17. The highest BCUT2D eigenvalue weighted by Gasteiger charge is 2.34. The van der Waals surface area contributed by atoms with Crippen molar-refractivity contribution in [3.63, 3.8) is 0 Å². The molecule has 4 heteroatoms. The van der Waals surface area contributed by atoms with Crippen molar-refractivity contribution in [1.82, 2.24) is 4.90 Å². The predicted molar refractivity (Wildman–Crippen MR) is 111 cm³/mol. The average molecular weight is 380 g/mol. The third kappa shape index (κ3) is 5.44. The van der Waals surface area contributed by atoms with Crippen molar-refractivity contribution >= 4 is 11.8 Å². The van der Waals surface area contributed by atoms with Crippen molar-refractivity contribution in [1.29, 1.82) is 0 Å². The summed E-state index contributed by atoms with van der Waals surface area (Å²) in [6.07, 6.45) is 9.07. The number of imide groups is 1. The van der Waals surface area contributed by atoms with Crippen molar-refractivity contribution in [2.45, 2.75) is 51.4 Å². The van der Waals surface area contributed by atoms with Gasteiger partial charge in [-0.1, -0.05) is 68.9 Å². The number of amides is 2. The lowest BCUT2D eigenvalue weighted by atomic mass is 10.1. The van der Waals surface area contributed by atoms with Gasteiger partial charge in [0.2, 0.25) is 0 Å². The highest BCUT2D eigenvalue weighted by molar-refractivity contribution is 6.21. The number of unbranched alkanes of at least 4 members (excludes halogenated alkanes) is 7. The van der Waals surface area contributed by atoms with Crippen molar-refractivity contribution in [3.05, 3.63) is 65.7 Å². The number of benzene rings is 2. The van der Waals surface area contributed by atoms with Gasteiger partial charge in [0.15, 0.2) is 0 Å². The number of carbonyl (C=O) groups is 2. The van der Waals surface area contributed by atoms with E-state index >= 15 is 0 Å². The molecule has 3 rings (SSSR count). The Labute approximate surface area is 167 Å². The van der Waals surface area contributed by atoms with Gasteiger partial charge in [-0.05, 0) is 37.1 Å². The quantitative estimate of drug-likeness (QED) is 0.362. The Morgan fingerprint density at radius 3 is 1.71 bits per heavy atom. The molecule has 2 amide bonds. The Kier molecular flexibility index (Phi) is 7.65. The summed E-state index contributed by atoms with van der Waals surface area (Å²) in [5.74, 6) is 0.664. The first kappa shape index (κ1) is 20.1. The molecule has 4 nitrogen and oxygen atoms in total. The van der Waals surface area contributed by atoms with Gasteiger partial charge < -0.3 is 4.74 Å². The number of hydrogen-bond acceptors (Lipinski definition) is 3. The van der Waals surface area contributed by atoms with Crippen LogP contribution in [-0.2, 0) is 0 Å². The molecule has 0 fully saturated rings. The fraction of sp³-hybridized carbons (Fsp3) is 0.417. The first-order valence-electron chi connectivity index (χ1n) is 10.4. The minimum atomic E-state index is -0.140. The highest BCUT2D eigenvalue weighted by Crippen LogP contribution is 2.23. The van der Waals surface area contributed by atoms with Gasteiger partial charge in [-0.25, -0.2) is 0 Å². The fourth-order valence-corrected chi connectivity index (χ4v) is 3.58. The molecule has 2 aromatic carbocycles. The molecule has 0 aliphatic carbocycles. The van der Waals surface area contributed by atoms with Gasteiger partial charge in [-0.3, -0.25) is 14.5 Å². The maximum absolute atomic E-state index is 12.3. The molecule has 0 saturated heterocycles. The molecule has 0 aromatic heterocycles. The van der Waals surface area contributed by atoms with E-state index in [4.69, 9.17) is 4.74 Å². The van der Waals surface area contributed by atoms with Crippen LogP contribution in [0.25, 0.3) is 0 Å². The molecule has 0 radical (unpaired) electrons. The number of para-hydroxylation sites is 1. The van der Waals surface area contributed by atoms with E-state index < -0.39 is 0 Å². The van der Waals surface area contributed by atoms with Gasteiger partial charge in [0.25, 0.3) is 11.8 Å². The van der Waals surface area contributed by atoms with Crippen LogP contribution in [0.5, 0.6) is 5.75 Å². The number of carbonyl (C=O) groups excluding carboxylic acids is 2. The molecule has 28 heavy (non-hydrogen) atoms. The second-order valence-electron chi connectivity index (χ2n) is 7.30. The number of rotatable bonds is 12. The smallest absolute Gasteiger partial charge is 0.261 e. The number of nitrogens with zero attached hydrogens (tertiary/aromatic N) is 1. The monoisotopic (exact) mass is 379 g/mol. The Morgan fingerprint density at radius 2 is 1.11 bits per heavy atom. The van der Waals surface area contributed by atoms with Gasteiger partial charge in [0.1, 0.15) is 5.75 Å². The zero-order valence-corrected chi connectivity index (χ0v) is 16.4. The number of ether oxygens (including phenoxy) is 1. The highest BCUT2D eigenvalue weighted by atomic mass is 16.5. The third-order valence-electron chi connectivity index (χ3n) is 5.17. The molecular formula is C24H29NO3. The van der Waals surface area contributed by atoms with E-state index in [9.17, 15) is 9.59 Å². The average Bonchev–Trinajstić information content (AvgIpc) is 2.97. The van der Waals surface area contributed by atoms with E-state index in [1.165, 1.54) is 30.6 Å². The molecule has 2 aromatic rings. The number of hydrogen-bond donors (Lipinski definition) is 0. The van der Waals surface area contributed by atoms with Crippen LogP contribution in [0, 0.1) is 0 Å². The molecule has 0 atom stereocenters. The maximum Gasteiger partial charge on any atom is 0.261 e. The lowest BCUT2D eigenvalue weighted by Crippen LogP contribution is -2.30. The molecule has 0 N–H and O–H groups in total. The van der Waals surface area contributed by atoms with Crippen LogP contribution < -0.4 is 4.74 Å². The summed E-state index contributed by atoms with van der Waals surface area (Å²) in [5.41, 5.74) is 1.09. The van der Waals surface area contributed by atoms with Crippen LogP contribution in [0.15, 0.2) is 54.6 Å². The van der Waals surface area contributed by atoms with E-state index in [1.807, 2.05) is 30.3 Å². The predicted octanol–water partition coefficient (Wildman–Crippen LogP) is 5.48.